The molecule has 0 saturated carbocycles. The number of methoxy groups -OCH3 is 1. The Morgan fingerprint density at radius 2 is 1.53 bits per heavy atom. The van der Waals surface area contributed by atoms with Crippen LogP contribution in [0.5, 0.6) is 0 Å². The van der Waals surface area contributed by atoms with Crippen molar-refractivity contribution in [2.24, 2.45) is 0 Å². The van der Waals surface area contributed by atoms with Crippen molar-refractivity contribution in [3.8, 4) is 0 Å². The van der Waals surface area contributed by atoms with Crippen LogP contribution >= 0.6 is 0 Å². The van der Waals surface area contributed by atoms with Crippen LogP contribution in [0.4, 0.5) is 4.39 Å². The number of hydrogen-bond acceptors (Lipinski definition) is 4. The maximum absolute atomic E-state index is 13.5. The van der Waals surface area contributed by atoms with E-state index in [9.17, 15) is 18.8 Å². The molecule has 0 saturated heterocycles. The molecule has 0 fully saturated rings. The highest BCUT2D eigenvalue weighted by atomic mass is 19.1. The monoisotopic (exact) mass is 436 g/mol. The lowest BCUT2D eigenvalue weighted by Crippen LogP contribution is -2.53. The molecule has 0 aliphatic heterocycles. The van der Waals surface area contributed by atoms with Gasteiger partial charge in [0, 0.05) is 19.8 Å². The topological polar surface area (TPSA) is 84.5 Å². The molecule has 6 nitrogen and oxygen atoms in total. The van der Waals surface area contributed by atoms with Crippen LogP contribution in [-0.4, -0.2) is 37.0 Å². The van der Waals surface area contributed by atoms with Gasteiger partial charge in [0.15, 0.2) is 0 Å². The third kappa shape index (κ3) is 6.14. The highest BCUT2D eigenvalue weighted by Gasteiger charge is 2.27. The summed E-state index contributed by atoms with van der Waals surface area (Å²) in [6.45, 7) is 1.29. The van der Waals surface area contributed by atoms with Crippen molar-refractivity contribution in [1.29, 1.82) is 0 Å². The minimum Gasteiger partial charge on any atom is -0.467 e. The summed E-state index contributed by atoms with van der Waals surface area (Å²) in [7, 11) is 1.25. The van der Waals surface area contributed by atoms with Gasteiger partial charge in [-0.25, -0.2) is 9.18 Å². The molecule has 7 heteroatoms. The van der Waals surface area contributed by atoms with Crippen molar-refractivity contribution >= 4 is 28.6 Å². The molecule has 2 atom stereocenters. The van der Waals surface area contributed by atoms with E-state index in [0.29, 0.717) is 5.56 Å². The summed E-state index contributed by atoms with van der Waals surface area (Å²) >= 11 is 0. The van der Waals surface area contributed by atoms with Gasteiger partial charge < -0.3 is 15.4 Å². The zero-order chi connectivity index (χ0) is 23.1. The highest BCUT2D eigenvalue weighted by molar-refractivity contribution is 5.91. The zero-order valence-corrected chi connectivity index (χ0v) is 17.9. The van der Waals surface area contributed by atoms with E-state index in [4.69, 9.17) is 4.74 Å². The number of rotatable bonds is 8. The lowest BCUT2D eigenvalue weighted by molar-refractivity contribution is -0.145. The van der Waals surface area contributed by atoms with Crippen LogP contribution in [0, 0.1) is 5.82 Å². The van der Waals surface area contributed by atoms with E-state index < -0.39 is 35.7 Å². The van der Waals surface area contributed by atoms with E-state index in [-0.39, 0.29) is 12.8 Å². The van der Waals surface area contributed by atoms with Crippen LogP contribution in [0.1, 0.15) is 18.1 Å². The van der Waals surface area contributed by atoms with Gasteiger partial charge in [-0.15, -0.1) is 0 Å². The van der Waals surface area contributed by atoms with E-state index in [1.165, 1.54) is 32.2 Å². The first kappa shape index (κ1) is 22.9. The lowest BCUT2D eigenvalue weighted by atomic mass is 10.0. The summed E-state index contributed by atoms with van der Waals surface area (Å²) in [5, 5.41) is 7.34. The second kappa shape index (κ2) is 10.5. The van der Waals surface area contributed by atoms with Crippen LogP contribution in [0.3, 0.4) is 0 Å². The fourth-order valence-electron chi connectivity index (χ4n) is 3.56. The summed E-state index contributed by atoms with van der Waals surface area (Å²) in [5.41, 5.74) is 1.39. The van der Waals surface area contributed by atoms with Crippen molar-refractivity contribution < 1.29 is 23.5 Å². The third-order valence-electron chi connectivity index (χ3n) is 5.08. The molecule has 0 radical (unpaired) electrons. The first-order valence-electron chi connectivity index (χ1n) is 10.2. The van der Waals surface area contributed by atoms with Crippen molar-refractivity contribution in [1.82, 2.24) is 10.6 Å². The SMILES string of the molecule is COC(=O)[C@H](Cc1ccc2ccccc2c1)NC(=O)[C@@H](Cc1cccc(F)c1)NC(C)=O. The summed E-state index contributed by atoms with van der Waals surface area (Å²) in [4.78, 5) is 37.0. The highest BCUT2D eigenvalue weighted by Crippen LogP contribution is 2.17. The lowest BCUT2D eigenvalue weighted by Gasteiger charge is -2.22. The van der Waals surface area contributed by atoms with Crippen molar-refractivity contribution in [3.63, 3.8) is 0 Å². The van der Waals surface area contributed by atoms with Gasteiger partial charge in [-0.3, -0.25) is 9.59 Å². The number of esters is 1. The molecule has 0 aromatic heterocycles. The molecule has 3 aromatic carbocycles. The number of carbonyl (C=O) groups is 3. The van der Waals surface area contributed by atoms with Crippen molar-refractivity contribution in [2.75, 3.05) is 7.11 Å². The Labute approximate surface area is 185 Å². The number of hydrogen-bond donors (Lipinski definition) is 2. The number of halogens is 1. The van der Waals surface area contributed by atoms with Gasteiger partial charge in [-0.1, -0.05) is 54.6 Å². The molecule has 2 N–H and O–H groups in total. The average Bonchev–Trinajstić information content (AvgIpc) is 2.77. The van der Waals surface area contributed by atoms with Gasteiger partial charge in [0.25, 0.3) is 0 Å². The molecule has 2 amide bonds. The first-order valence-corrected chi connectivity index (χ1v) is 10.2. The molecular formula is C25H25FN2O4. The summed E-state index contributed by atoms with van der Waals surface area (Å²) in [6.07, 6.45) is 0.295. The first-order chi connectivity index (χ1) is 15.4. The standard InChI is InChI=1S/C25H25FN2O4/c1-16(29)27-22(14-17-6-5-9-21(26)13-17)24(30)28-23(25(31)32-2)15-18-10-11-19-7-3-4-8-20(19)12-18/h3-13,22-23H,14-15H2,1-2H3,(H,27,29)(H,28,30)/t22-,23+/m1/s1. The minimum atomic E-state index is -0.974. The van der Waals surface area contributed by atoms with Gasteiger partial charge in [0.1, 0.15) is 17.9 Å². The van der Waals surface area contributed by atoms with E-state index in [1.54, 1.807) is 6.07 Å². The molecule has 3 rings (SSSR count). The zero-order valence-electron chi connectivity index (χ0n) is 17.9. The Morgan fingerprint density at radius 1 is 0.844 bits per heavy atom. The van der Waals surface area contributed by atoms with Gasteiger partial charge in [0.2, 0.25) is 11.8 Å². The molecule has 0 unspecified atom stereocenters. The molecule has 166 valence electrons. The fourth-order valence-corrected chi connectivity index (χ4v) is 3.56. The van der Waals surface area contributed by atoms with Gasteiger partial charge in [-0.2, -0.15) is 0 Å². The second-order valence-corrected chi connectivity index (χ2v) is 7.56. The maximum atomic E-state index is 13.5. The summed E-state index contributed by atoms with van der Waals surface area (Å²) in [6, 6.07) is 17.5. The maximum Gasteiger partial charge on any atom is 0.328 e. The number of fused-ring (bicyclic) bond motifs is 1. The van der Waals surface area contributed by atoms with Gasteiger partial charge in [0.05, 0.1) is 7.11 Å². The Hall–Kier alpha value is -3.74. The van der Waals surface area contributed by atoms with Gasteiger partial charge in [-0.05, 0) is 34.0 Å². The number of carbonyl (C=O) groups excluding carboxylic acids is 3. The summed E-state index contributed by atoms with van der Waals surface area (Å²) < 4.78 is 18.4. The number of nitrogens with one attached hydrogen (secondary N) is 2. The molecule has 3 aromatic rings. The fraction of sp³-hybridized carbons (Fsp3) is 0.240. The molecule has 0 heterocycles. The number of ether oxygens (including phenoxy) is 1. The predicted molar refractivity (Wildman–Crippen MR) is 119 cm³/mol. The Bertz CT molecular complexity index is 1130. The van der Waals surface area contributed by atoms with Crippen molar-refractivity contribution in [2.45, 2.75) is 31.8 Å². The Morgan fingerprint density at radius 3 is 2.22 bits per heavy atom. The predicted octanol–water partition coefficient (Wildman–Crippen LogP) is 2.93. The quantitative estimate of drug-likeness (QED) is 0.532. The van der Waals surface area contributed by atoms with Crippen LogP contribution in [0.25, 0.3) is 10.8 Å². The van der Waals surface area contributed by atoms with E-state index in [1.807, 2.05) is 42.5 Å². The minimum absolute atomic E-state index is 0.0764. The number of amides is 2. The summed E-state index contributed by atoms with van der Waals surface area (Å²) in [5.74, 6) is -2.00. The van der Waals surface area contributed by atoms with E-state index in [0.717, 1.165) is 16.3 Å². The Balaban J connectivity index is 1.78. The average molecular weight is 436 g/mol. The molecule has 0 aliphatic carbocycles. The van der Waals surface area contributed by atoms with Crippen LogP contribution in [0.2, 0.25) is 0 Å². The Kier molecular flexibility index (Phi) is 7.54. The van der Waals surface area contributed by atoms with E-state index in [2.05, 4.69) is 10.6 Å². The molecule has 0 spiro atoms. The molecule has 32 heavy (non-hydrogen) atoms. The molecule has 0 aliphatic rings. The molecule has 0 bridgehead atoms. The third-order valence-corrected chi connectivity index (χ3v) is 5.08. The smallest absolute Gasteiger partial charge is 0.328 e. The van der Waals surface area contributed by atoms with Crippen LogP contribution in [-0.2, 0) is 32.0 Å². The van der Waals surface area contributed by atoms with Crippen molar-refractivity contribution in [3.05, 3.63) is 83.7 Å². The van der Waals surface area contributed by atoms with Crippen LogP contribution in [0.15, 0.2) is 66.7 Å². The largest absolute Gasteiger partial charge is 0.467 e. The second-order valence-electron chi connectivity index (χ2n) is 7.56. The molecular weight excluding hydrogens is 411 g/mol. The number of benzene rings is 3. The van der Waals surface area contributed by atoms with E-state index >= 15 is 0 Å². The van der Waals surface area contributed by atoms with Crippen LogP contribution < -0.4 is 10.6 Å². The van der Waals surface area contributed by atoms with Gasteiger partial charge >= 0.3 is 5.97 Å². The normalized spacial score (nSPS) is 12.6.